The van der Waals surface area contributed by atoms with Crippen LogP contribution < -0.4 is 14.4 Å². The third kappa shape index (κ3) is 6.68. The van der Waals surface area contributed by atoms with E-state index < -0.39 is 14.1 Å². The zero-order valence-corrected chi connectivity index (χ0v) is 27.2. The molecule has 1 unspecified atom stereocenters. The molecule has 1 saturated heterocycles. The van der Waals surface area contributed by atoms with Crippen molar-refractivity contribution in [3.63, 3.8) is 0 Å². The molecule has 0 amide bonds. The minimum Gasteiger partial charge on any atom is -0.497 e. The highest BCUT2D eigenvalue weighted by molar-refractivity contribution is 6.74. The highest BCUT2D eigenvalue weighted by atomic mass is 28.4. The minimum absolute atomic E-state index is 0.0497. The molecular weight excluding hydrogens is 565 g/mol. The van der Waals surface area contributed by atoms with Crippen molar-refractivity contribution in [2.45, 2.75) is 64.4 Å². The van der Waals surface area contributed by atoms with Gasteiger partial charge in [0.05, 0.1) is 55.6 Å². The Balaban J connectivity index is 1.51. The number of aromatic nitrogens is 4. The highest BCUT2D eigenvalue weighted by Gasteiger charge is 2.37. The molecule has 9 nitrogen and oxygen atoms in total. The van der Waals surface area contributed by atoms with Crippen molar-refractivity contribution < 1.29 is 23.0 Å². The Morgan fingerprint density at radius 3 is 2.58 bits per heavy atom. The van der Waals surface area contributed by atoms with Crippen LogP contribution in [-0.2, 0) is 9.16 Å². The SMILES string of the molecule is COc1cc(OC)c(F)c(N(CCO[Si](C)(C)C(C)(C)C)c2ccc3ncc(-c4cnn(C5CCCCO5)c4)nc3c2)c1. The van der Waals surface area contributed by atoms with E-state index in [2.05, 4.69) is 43.9 Å². The van der Waals surface area contributed by atoms with E-state index in [1.54, 1.807) is 31.6 Å². The fourth-order valence-electron chi connectivity index (χ4n) is 4.89. The summed E-state index contributed by atoms with van der Waals surface area (Å²) in [5, 5.41) is 4.58. The van der Waals surface area contributed by atoms with E-state index in [0.29, 0.717) is 35.8 Å². The molecule has 0 bridgehead atoms. The van der Waals surface area contributed by atoms with Gasteiger partial charge in [0.2, 0.25) is 0 Å². The molecule has 0 spiro atoms. The lowest BCUT2D eigenvalue weighted by atomic mass is 10.1. The van der Waals surface area contributed by atoms with Gasteiger partial charge < -0.3 is 23.5 Å². The van der Waals surface area contributed by atoms with E-state index >= 15 is 4.39 Å². The van der Waals surface area contributed by atoms with Crippen molar-refractivity contribution in [1.29, 1.82) is 0 Å². The van der Waals surface area contributed by atoms with Gasteiger partial charge in [0.25, 0.3) is 0 Å². The zero-order chi connectivity index (χ0) is 30.8. The number of halogens is 1. The largest absolute Gasteiger partial charge is 0.497 e. The quantitative estimate of drug-likeness (QED) is 0.171. The van der Waals surface area contributed by atoms with Crippen LogP contribution in [0.1, 0.15) is 46.3 Å². The van der Waals surface area contributed by atoms with Crippen LogP contribution in [0, 0.1) is 5.82 Å². The van der Waals surface area contributed by atoms with Crippen LogP contribution in [0.5, 0.6) is 11.5 Å². The first-order chi connectivity index (χ1) is 20.5. The molecule has 1 aliphatic rings. The molecule has 2 aromatic carbocycles. The third-order valence-electron chi connectivity index (χ3n) is 8.51. The maximum Gasteiger partial charge on any atom is 0.192 e. The molecule has 0 radical (unpaired) electrons. The topological polar surface area (TPSA) is 83.8 Å². The molecule has 5 rings (SSSR count). The summed E-state index contributed by atoms with van der Waals surface area (Å²) in [6, 6.07) is 8.97. The summed E-state index contributed by atoms with van der Waals surface area (Å²) in [6.07, 6.45) is 8.58. The number of ether oxygens (including phenoxy) is 3. The predicted molar refractivity (Wildman–Crippen MR) is 169 cm³/mol. The molecule has 43 heavy (non-hydrogen) atoms. The van der Waals surface area contributed by atoms with E-state index in [-0.39, 0.29) is 17.0 Å². The number of methoxy groups -OCH3 is 2. The van der Waals surface area contributed by atoms with Gasteiger partial charge in [-0.25, -0.2) is 14.1 Å². The first-order valence-electron chi connectivity index (χ1n) is 14.8. The van der Waals surface area contributed by atoms with E-state index in [1.807, 2.05) is 34.0 Å². The maximum absolute atomic E-state index is 15.8. The molecular formula is C32H42FN5O4Si. The number of benzene rings is 2. The van der Waals surface area contributed by atoms with Gasteiger partial charge >= 0.3 is 0 Å². The van der Waals surface area contributed by atoms with Crippen LogP contribution in [0.4, 0.5) is 15.8 Å². The second kappa shape index (κ2) is 12.6. The van der Waals surface area contributed by atoms with Gasteiger partial charge in [0.15, 0.2) is 19.9 Å². The number of fused-ring (bicyclic) bond motifs is 1. The third-order valence-corrected chi connectivity index (χ3v) is 13.0. The number of hydrogen-bond acceptors (Lipinski definition) is 8. The summed E-state index contributed by atoms with van der Waals surface area (Å²) in [5.74, 6) is 0.116. The van der Waals surface area contributed by atoms with Crippen LogP contribution in [-0.4, -0.2) is 62.0 Å². The van der Waals surface area contributed by atoms with Gasteiger partial charge in [-0.1, -0.05) is 20.8 Å². The van der Waals surface area contributed by atoms with Gasteiger partial charge in [-0.2, -0.15) is 5.10 Å². The summed E-state index contributed by atoms with van der Waals surface area (Å²) in [6.45, 7) is 12.6. The first-order valence-corrected chi connectivity index (χ1v) is 17.7. The van der Waals surface area contributed by atoms with Gasteiger partial charge in [0, 0.05) is 42.7 Å². The van der Waals surface area contributed by atoms with E-state index in [4.69, 9.17) is 23.6 Å². The summed E-state index contributed by atoms with van der Waals surface area (Å²) < 4.78 is 40.9. The number of hydrogen-bond donors (Lipinski definition) is 0. The molecule has 0 N–H and O–H groups in total. The van der Waals surface area contributed by atoms with Crippen molar-refractivity contribution in [2.24, 2.45) is 0 Å². The van der Waals surface area contributed by atoms with Crippen molar-refractivity contribution in [1.82, 2.24) is 19.7 Å². The van der Waals surface area contributed by atoms with Crippen molar-refractivity contribution in [3.05, 3.63) is 54.7 Å². The maximum atomic E-state index is 15.8. The van der Waals surface area contributed by atoms with Crippen LogP contribution in [0.15, 0.2) is 48.9 Å². The molecule has 1 atom stereocenters. The molecule has 0 aliphatic carbocycles. The summed E-state index contributed by atoms with van der Waals surface area (Å²) in [7, 11) is 0.968. The fourth-order valence-corrected chi connectivity index (χ4v) is 5.92. The zero-order valence-electron chi connectivity index (χ0n) is 26.2. The van der Waals surface area contributed by atoms with E-state index in [0.717, 1.165) is 42.6 Å². The van der Waals surface area contributed by atoms with Crippen LogP contribution in [0.2, 0.25) is 18.1 Å². The van der Waals surface area contributed by atoms with Gasteiger partial charge in [-0.3, -0.25) is 4.98 Å². The van der Waals surface area contributed by atoms with Crippen LogP contribution in [0.3, 0.4) is 0 Å². The Bertz CT molecular complexity index is 1570. The monoisotopic (exact) mass is 607 g/mol. The lowest BCUT2D eigenvalue weighted by Crippen LogP contribution is -2.42. The van der Waals surface area contributed by atoms with Gasteiger partial charge in [-0.15, -0.1) is 0 Å². The van der Waals surface area contributed by atoms with Crippen LogP contribution >= 0.6 is 0 Å². The average Bonchev–Trinajstić information content (AvgIpc) is 3.50. The number of anilines is 2. The van der Waals surface area contributed by atoms with E-state index in [9.17, 15) is 0 Å². The second-order valence-corrected chi connectivity index (χ2v) is 17.2. The summed E-state index contributed by atoms with van der Waals surface area (Å²) in [4.78, 5) is 11.5. The summed E-state index contributed by atoms with van der Waals surface area (Å²) >= 11 is 0. The Labute approximate surface area is 254 Å². The van der Waals surface area contributed by atoms with Gasteiger partial charge in [-0.05, 0) is 55.6 Å². The number of nitrogens with zero attached hydrogens (tertiary/aromatic N) is 5. The second-order valence-electron chi connectivity index (χ2n) is 12.4. The molecule has 3 heterocycles. The lowest BCUT2D eigenvalue weighted by Gasteiger charge is -2.37. The lowest BCUT2D eigenvalue weighted by molar-refractivity contribution is -0.0394. The van der Waals surface area contributed by atoms with Crippen LogP contribution in [0.25, 0.3) is 22.3 Å². The van der Waals surface area contributed by atoms with E-state index in [1.165, 1.54) is 7.11 Å². The Morgan fingerprint density at radius 1 is 1.07 bits per heavy atom. The Kier molecular flexibility index (Phi) is 9.05. The Morgan fingerprint density at radius 2 is 1.88 bits per heavy atom. The predicted octanol–water partition coefficient (Wildman–Crippen LogP) is 7.51. The number of rotatable bonds is 10. The molecule has 2 aromatic heterocycles. The minimum atomic E-state index is -2.03. The van der Waals surface area contributed by atoms with Crippen molar-refractivity contribution in [2.75, 3.05) is 38.9 Å². The molecule has 0 saturated carbocycles. The van der Waals surface area contributed by atoms with Crippen molar-refractivity contribution in [3.8, 4) is 22.8 Å². The van der Waals surface area contributed by atoms with Gasteiger partial charge in [0.1, 0.15) is 12.0 Å². The molecule has 11 heteroatoms. The smallest absolute Gasteiger partial charge is 0.192 e. The molecule has 1 aliphatic heterocycles. The summed E-state index contributed by atoms with van der Waals surface area (Å²) in [5.41, 5.74) is 4.05. The normalized spacial score (nSPS) is 16.0. The first kappa shape index (κ1) is 30.9. The van der Waals surface area contributed by atoms with Crippen molar-refractivity contribution >= 4 is 30.7 Å². The highest BCUT2D eigenvalue weighted by Crippen LogP contribution is 2.39. The fraction of sp³-hybridized carbons (Fsp3) is 0.469. The molecule has 4 aromatic rings. The average molecular weight is 608 g/mol. The molecule has 230 valence electrons. The molecule has 1 fully saturated rings. The standard InChI is InChI=1S/C32H42FN5O4Si/c1-32(2,3)43(6,7)42-15-13-37(28-17-24(39-4)18-29(40-5)31(28)33)23-11-12-25-26(16-23)36-27(20-34-25)22-19-35-38(21-22)30-10-8-9-14-41-30/h11-12,16-21,30H,8-10,13-15H2,1-7H3. The Hall–Kier alpha value is -3.54.